The monoisotopic (exact) mass is 455 g/mol. The van der Waals surface area contributed by atoms with E-state index in [1.165, 1.54) is 18.7 Å². The fraction of sp³-hybridized carbons (Fsp3) is 0.261. The molecule has 166 valence electrons. The highest BCUT2D eigenvalue weighted by Crippen LogP contribution is 2.35. The zero-order valence-corrected chi connectivity index (χ0v) is 18.5. The Bertz CT molecular complexity index is 1090. The van der Waals surface area contributed by atoms with Crippen LogP contribution in [0.3, 0.4) is 0 Å². The third-order valence-electron chi connectivity index (χ3n) is 5.22. The number of nitrogens with zero attached hydrogens (tertiary/aromatic N) is 1. The van der Waals surface area contributed by atoms with Gasteiger partial charge in [0, 0.05) is 37.8 Å². The summed E-state index contributed by atoms with van der Waals surface area (Å²) < 4.78 is 10.2. The standard InChI is InChI=1S/C23H22ClN3O5/c1-23(2)31-21(29)16(22(30)32-23)12-25-19-20(28)27(3)17-10-9-14(24)11-15(17)18(26-19)13-7-5-4-6-8-13/h4-12,18-19,25-26H,1-3H3. The highest BCUT2D eigenvalue weighted by Gasteiger charge is 2.40. The Balaban J connectivity index is 1.69. The van der Waals surface area contributed by atoms with Crippen LogP contribution >= 0.6 is 11.6 Å². The predicted octanol–water partition coefficient (Wildman–Crippen LogP) is 2.63. The van der Waals surface area contributed by atoms with Gasteiger partial charge in [0.15, 0.2) is 11.7 Å². The molecule has 9 heteroatoms. The van der Waals surface area contributed by atoms with E-state index in [0.717, 1.165) is 17.3 Å². The number of nitrogens with one attached hydrogen (secondary N) is 2. The largest absolute Gasteiger partial charge is 0.419 e. The van der Waals surface area contributed by atoms with Gasteiger partial charge in [-0.2, -0.15) is 0 Å². The molecule has 0 aromatic heterocycles. The molecule has 1 saturated heterocycles. The number of cyclic esters (lactones) is 2. The lowest BCUT2D eigenvalue weighted by atomic mass is 9.97. The molecule has 2 aromatic rings. The number of hydrogen-bond donors (Lipinski definition) is 2. The molecule has 2 aliphatic heterocycles. The van der Waals surface area contributed by atoms with Crippen LogP contribution in [0.15, 0.2) is 60.3 Å². The minimum absolute atomic E-state index is 0.318. The van der Waals surface area contributed by atoms with E-state index in [0.29, 0.717) is 10.7 Å². The van der Waals surface area contributed by atoms with Crippen molar-refractivity contribution in [1.82, 2.24) is 10.6 Å². The van der Waals surface area contributed by atoms with Gasteiger partial charge in [0.1, 0.15) is 0 Å². The summed E-state index contributed by atoms with van der Waals surface area (Å²) in [4.78, 5) is 39.2. The van der Waals surface area contributed by atoms with Gasteiger partial charge in [-0.05, 0) is 29.3 Å². The Morgan fingerprint density at radius 3 is 2.38 bits per heavy atom. The summed E-state index contributed by atoms with van der Waals surface area (Å²) >= 11 is 6.26. The second-order valence-electron chi connectivity index (χ2n) is 7.95. The Morgan fingerprint density at radius 1 is 1.06 bits per heavy atom. The summed E-state index contributed by atoms with van der Waals surface area (Å²) in [6.45, 7) is 2.93. The van der Waals surface area contributed by atoms with Crippen LogP contribution < -0.4 is 15.5 Å². The molecule has 2 N–H and O–H groups in total. The number of amides is 1. The van der Waals surface area contributed by atoms with E-state index >= 15 is 0 Å². The van der Waals surface area contributed by atoms with Crippen LogP contribution in [0, 0.1) is 0 Å². The molecule has 32 heavy (non-hydrogen) atoms. The van der Waals surface area contributed by atoms with Crippen LogP contribution in [0.25, 0.3) is 0 Å². The Kier molecular flexibility index (Phi) is 5.66. The van der Waals surface area contributed by atoms with E-state index in [1.807, 2.05) is 36.4 Å². The molecule has 2 aromatic carbocycles. The van der Waals surface area contributed by atoms with E-state index in [9.17, 15) is 14.4 Å². The third-order valence-corrected chi connectivity index (χ3v) is 5.45. The van der Waals surface area contributed by atoms with Gasteiger partial charge in [-0.1, -0.05) is 41.9 Å². The van der Waals surface area contributed by atoms with Crippen molar-refractivity contribution in [1.29, 1.82) is 0 Å². The van der Waals surface area contributed by atoms with Crippen molar-refractivity contribution in [3.8, 4) is 0 Å². The fourth-order valence-electron chi connectivity index (χ4n) is 3.69. The molecule has 0 radical (unpaired) electrons. The van der Waals surface area contributed by atoms with E-state index < -0.39 is 23.9 Å². The van der Waals surface area contributed by atoms with Crippen molar-refractivity contribution < 1.29 is 23.9 Å². The average Bonchev–Trinajstić information content (AvgIpc) is 2.83. The van der Waals surface area contributed by atoms with E-state index in [1.54, 1.807) is 19.2 Å². The van der Waals surface area contributed by atoms with Crippen LogP contribution in [0.1, 0.15) is 31.0 Å². The molecule has 0 aliphatic carbocycles. The van der Waals surface area contributed by atoms with Gasteiger partial charge in [0.05, 0.1) is 6.04 Å². The Hall–Kier alpha value is -3.36. The normalized spacial score (nSPS) is 22.4. The smallest absolute Gasteiger partial charge is 0.350 e. The van der Waals surface area contributed by atoms with Crippen LogP contribution in [0.2, 0.25) is 5.02 Å². The number of likely N-dealkylation sites (N-methyl/N-ethyl adjacent to an activating group) is 1. The molecule has 2 aliphatic rings. The quantitative estimate of drug-likeness (QED) is 0.417. The molecule has 1 fully saturated rings. The molecule has 4 rings (SSSR count). The molecule has 2 unspecified atom stereocenters. The predicted molar refractivity (Wildman–Crippen MR) is 118 cm³/mol. The van der Waals surface area contributed by atoms with Gasteiger partial charge in [0.2, 0.25) is 0 Å². The maximum atomic E-state index is 13.2. The van der Waals surface area contributed by atoms with Gasteiger partial charge in [-0.15, -0.1) is 0 Å². The third kappa shape index (κ3) is 4.19. The molecule has 8 nitrogen and oxygen atoms in total. The summed E-state index contributed by atoms with van der Waals surface area (Å²) in [5.74, 6) is -3.33. The maximum Gasteiger partial charge on any atom is 0.350 e. The first kappa shape index (κ1) is 21.9. The number of fused-ring (bicyclic) bond motifs is 1. The SMILES string of the molecule is CN1C(=O)C(NC=C2C(=O)OC(C)(C)OC2=O)NC(c2ccccc2)c2cc(Cl)ccc21. The summed E-state index contributed by atoms with van der Waals surface area (Å²) in [6, 6.07) is 14.5. The minimum atomic E-state index is -1.35. The van der Waals surface area contributed by atoms with Gasteiger partial charge < -0.3 is 19.7 Å². The first-order chi connectivity index (χ1) is 15.2. The first-order valence-corrected chi connectivity index (χ1v) is 10.3. The Morgan fingerprint density at radius 2 is 1.72 bits per heavy atom. The number of rotatable bonds is 3. The number of carbonyl (C=O) groups excluding carboxylic acids is 3. The first-order valence-electron chi connectivity index (χ1n) is 9.97. The Labute approximate surface area is 190 Å². The summed E-state index contributed by atoms with van der Waals surface area (Å²) in [5, 5.41) is 6.66. The summed E-state index contributed by atoms with van der Waals surface area (Å²) in [7, 11) is 1.65. The van der Waals surface area contributed by atoms with Crippen LogP contribution in [-0.2, 0) is 23.9 Å². The van der Waals surface area contributed by atoms with Crippen LogP contribution in [-0.4, -0.2) is 36.8 Å². The lowest BCUT2D eigenvalue weighted by molar-refractivity contribution is -0.222. The number of halogens is 1. The van der Waals surface area contributed by atoms with Gasteiger partial charge in [-0.25, -0.2) is 9.59 Å². The number of ether oxygens (including phenoxy) is 2. The maximum absolute atomic E-state index is 13.2. The minimum Gasteiger partial charge on any atom is -0.419 e. The number of benzene rings is 2. The van der Waals surface area contributed by atoms with Crippen molar-refractivity contribution in [2.45, 2.75) is 31.8 Å². The molecule has 0 spiro atoms. The second-order valence-corrected chi connectivity index (χ2v) is 8.38. The highest BCUT2D eigenvalue weighted by molar-refractivity contribution is 6.30. The number of carbonyl (C=O) groups is 3. The van der Waals surface area contributed by atoms with Gasteiger partial charge in [0.25, 0.3) is 11.7 Å². The zero-order valence-electron chi connectivity index (χ0n) is 17.7. The van der Waals surface area contributed by atoms with E-state index in [4.69, 9.17) is 21.1 Å². The fourth-order valence-corrected chi connectivity index (χ4v) is 3.87. The number of esters is 2. The van der Waals surface area contributed by atoms with Crippen molar-refractivity contribution in [2.24, 2.45) is 0 Å². The molecular weight excluding hydrogens is 434 g/mol. The molecule has 2 heterocycles. The average molecular weight is 456 g/mol. The van der Waals surface area contributed by atoms with Crippen molar-refractivity contribution in [3.63, 3.8) is 0 Å². The molecule has 2 atom stereocenters. The lowest BCUT2D eigenvalue weighted by Gasteiger charge is -2.30. The topological polar surface area (TPSA) is 97.0 Å². The van der Waals surface area contributed by atoms with Crippen LogP contribution in [0.4, 0.5) is 5.69 Å². The van der Waals surface area contributed by atoms with Crippen molar-refractivity contribution in [2.75, 3.05) is 11.9 Å². The summed E-state index contributed by atoms with van der Waals surface area (Å²) in [6.07, 6.45) is 0.188. The molecular formula is C23H22ClN3O5. The van der Waals surface area contributed by atoms with Gasteiger partial charge >= 0.3 is 11.9 Å². The molecule has 0 saturated carbocycles. The van der Waals surface area contributed by atoms with Crippen molar-refractivity contribution in [3.05, 3.63) is 76.5 Å². The number of anilines is 1. The van der Waals surface area contributed by atoms with Crippen molar-refractivity contribution >= 4 is 35.1 Å². The molecule has 1 amide bonds. The zero-order chi connectivity index (χ0) is 23.0. The highest BCUT2D eigenvalue weighted by atomic mass is 35.5. The van der Waals surface area contributed by atoms with Crippen LogP contribution in [0.5, 0.6) is 0 Å². The summed E-state index contributed by atoms with van der Waals surface area (Å²) in [5.41, 5.74) is 2.09. The van der Waals surface area contributed by atoms with E-state index in [2.05, 4.69) is 10.6 Å². The second kappa shape index (κ2) is 8.29. The van der Waals surface area contributed by atoms with Gasteiger partial charge in [-0.3, -0.25) is 10.1 Å². The molecule has 0 bridgehead atoms. The van der Waals surface area contributed by atoms with E-state index in [-0.39, 0.29) is 17.5 Å². The number of hydrogen-bond acceptors (Lipinski definition) is 7. The lowest BCUT2D eigenvalue weighted by Crippen LogP contribution is -2.52.